The summed E-state index contributed by atoms with van der Waals surface area (Å²) in [6.45, 7) is 1.59. The Labute approximate surface area is 129 Å². The third-order valence-corrected chi connectivity index (χ3v) is 3.91. The van der Waals surface area contributed by atoms with E-state index >= 15 is 0 Å². The molecule has 1 aliphatic rings. The highest BCUT2D eigenvalue weighted by Crippen LogP contribution is 2.27. The largest absolute Gasteiger partial charge is 0.472 e. The molecular weight excluding hydrogens is 280 g/mol. The Morgan fingerprint density at radius 1 is 1.18 bits per heavy atom. The van der Waals surface area contributed by atoms with Gasteiger partial charge in [0.05, 0.1) is 19.8 Å². The van der Waals surface area contributed by atoms with E-state index in [1.807, 2.05) is 36.4 Å². The lowest BCUT2D eigenvalue weighted by Gasteiger charge is -2.22. The quantitative estimate of drug-likeness (QED) is 0.880. The second-order valence-corrected chi connectivity index (χ2v) is 5.42. The molecule has 5 heteroatoms. The first-order valence-electron chi connectivity index (χ1n) is 7.46. The molecular formula is C17H20N2O3. The molecule has 0 aliphatic carbocycles. The second kappa shape index (κ2) is 6.77. The van der Waals surface area contributed by atoms with Crippen molar-refractivity contribution < 1.29 is 14.9 Å². The highest BCUT2D eigenvalue weighted by atomic mass is 16.5. The Bertz CT molecular complexity index is 619. The van der Waals surface area contributed by atoms with Gasteiger partial charge in [-0.2, -0.15) is 0 Å². The fraction of sp³-hybridized carbons (Fsp3) is 0.353. The predicted molar refractivity (Wildman–Crippen MR) is 83.8 cm³/mol. The standard InChI is InChI=1S/C17H20N2O3/c20-11-13-4-5-16(14(9-13)12-21)19-8-6-15(10-19)22-17-3-1-2-7-18-17/h1-5,7,9,15,20-21H,6,8,10-12H2. The predicted octanol–water partition coefficient (Wildman–Crippen LogP) is 1.72. The van der Waals surface area contributed by atoms with Crippen LogP contribution in [0, 0.1) is 0 Å². The zero-order valence-electron chi connectivity index (χ0n) is 12.4. The minimum atomic E-state index is -0.0363. The van der Waals surface area contributed by atoms with Crippen LogP contribution in [0.1, 0.15) is 17.5 Å². The molecule has 0 amide bonds. The first-order valence-corrected chi connectivity index (χ1v) is 7.46. The van der Waals surface area contributed by atoms with Crippen LogP contribution in [-0.2, 0) is 13.2 Å². The van der Waals surface area contributed by atoms with Gasteiger partial charge in [-0.05, 0) is 23.8 Å². The molecule has 0 spiro atoms. The Morgan fingerprint density at radius 2 is 2.09 bits per heavy atom. The lowest BCUT2D eigenvalue weighted by atomic mass is 10.1. The number of anilines is 1. The Morgan fingerprint density at radius 3 is 2.82 bits per heavy atom. The number of aromatic nitrogens is 1. The number of nitrogens with zero attached hydrogens (tertiary/aromatic N) is 2. The van der Waals surface area contributed by atoms with Crippen molar-refractivity contribution in [3.63, 3.8) is 0 Å². The number of hydrogen-bond donors (Lipinski definition) is 2. The molecule has 0 saturated carbocycles. The first kappa shape index (κ1) is 14.8. The maximum Gasteiger partial charge on any atom is 0.213 e. The maximum absolute atomic E-state index is 9.55. The van der Waals surface area contributed by atoms with E-state index in [1.54, 1.807) is 6.20 Å². The number of benzene rings is 1. The fourth-order valence-electron chi connectivity index (χ4n) is 2.80. The van der Waals surface area contributed by atoms with Crippen LogP contribution >= 0.6 is 0 Å². The van der Waals surface area contributed by atoms with Crippen molar-refractivity contribution in [1.29, 1.82) is 0 Å². The monoisotopic (exact) mass is 300 g/mol. The van der Waals surface area contributed by atoms with Crippen LogP contribution in [0.4, 0.5) is 5.69 Å². The molecule has 2 N–H and O–H groups in total. The molecule has 0 radical (unpaired) electrons. The highest BCUT2D eigenvalue weighted by molar-refractivity contribution is 5.55. The van der Waals surface area contributed by atoms with Gasteiger partial charge in [-0.3, -0.25) is 0 Å². The first-order chi connectivity index (χ1) is 10.8. The summed E-state index contributed by atoms with van der Waals surface area (Å²) in [7, 11) is 0. The zero-order valence-corrected chi connectivity index (χ0v) is 12.4. The Kier molecular flexibility index (Phi) is 4.56. The van der Waals surface area contributed by atoms with Crippen LogP contribution < -0.4 is 9.64 Å². The summed E-state index contributed by atoms with van der Waals surface area (Å²) in [6.07, 6.45) is 2.74. The molecule has 22 heavy (non-hydrogen) atoms. The zero-order chi connectivity index (χ0) is 15.4. The van der Waals surface area contributed by atoms with E-state index in [1.165, 1.54) is 0 Å². The van der Waals surface area contributed by atoms with Crippen molar-refractivity contribution >= 4 is 5.69 Å². The molecule has 3 rings (SSSR count). The van der Waals surface area contributed by atoms with Gasteiger partial charge in [0, 0.05) is 36.5 Å². The number of rotatable bonds is 5. The van der Waals surface area contributed by atoms with Gasteiger partial charge in [0.15, 0.2) is 0 Å². The summed E-state index contributed by atoms with van der Waals surface area (Å²) in [4.78, 5) is 6.40. The van der Waals surface area contributed by atoms with E-state index in [2.05, 4.69) is 9.88 Å². The molecule has 5 nitrogen and oxygen atoms in total. The van der Waals surface area contributed by atoms with Crippen molar-refractivity contribution in [1.82, 2.24) is 4.98 Å². The third kappa shape index (κ3) is 3.21. The fourth-order valence-corrected chi connectivity index (χ4v) is 2.80. The van der Waals surface area contributed by atoms with Crippen molar-refractivity contribution in [3.05, 3.63) is 53.7 Å². The van der Waals surface area contributed by atoms with Crippen molar-refractivity contribution in [2.45, 2.75) is 25.7 Å². The van der Waals surface area contributed by atoms with E-state index in [-0.39, 0.29) is 19.3 Å². The van der Waals surface area contributed by atoms with Gasteiger partial charge >= 0.3 is 0 Å². The normalized spacial score (nSPS) is 17.7. The van der Waals surface area contributed by atoms with Crippen molar-refractivity contribution in [2.75, 3.05) is 18.0 Å². The molecule has 1 atom stereocenters. The van der Waals surface area contributed by atoms with Crippen LogP contribution in [0.15, 0.2) is 42.6 Å². The average molecular weight is 300 g/mol. The molecule has 2 heterocycles. The molecule has 1 fully saturated rings. The van der Waals surface area contributed by atoms with Crippen LogP contribution in [-0.4, -0.2) is 34.4 Å². The number of aliphatic hydroxyl groups is 2. The van der Waals surface area contributed by atoms with Crippen LogP contribution in [0.5, 0.6) is 5.88 Å². The van der Waals surface area contributed by atoms with E-state index in [0.717, 1.165) is 36.3 Å². The topological polar surface area (TPSA) is 65.8 Å². The third-order valence-electron chi connectivity index (χ3n) is 3.91. The van der Waals surface area contributed by atoms with Gasteiger partial charge in [-0.15, -0.1) is 0 Å². The van der Waals surface area contributed by atoms with E-state index < -0.39 is 0 Å². The van der Waals surface area contributed by atoms with Gasteiger partial charge in [0.1, 0.15) is 6.10 Å². The molecule has 1 saturated heterocycles. The summed E-state index contributed by atoms with van der Waals surface area (Å²) >= 11 is 0. The van der Waals surface area contributed by atoms with Crippen molar-refractivity contribution in [3.8, 4) is 5.88 Å². The summed E-state index contributed by atoms with van der Waals surface area (Å²) < 4.78 is 5.89. The summed E-state index contributed by atoms with van der Waals surface area (Å²) in [6, 6.07) is 11.3. The second-order valence-electron chi connectivity index (χ2n) is 5.42. The van der Waals surface area contributed by atoms with Gasteiger partial charge < -0.3 is 19.8 Å². The Hall–Kier alpha value is -2.11. The van der Waals surface area contributed by atoms with Gasteiger partial charge in [-0.25, -0.2) is 4.98 Å². The van der Waals surface area contributed by atoms with Gasteiger partial charge in [-0.1, -0.05) is 12.1 Å². The SMILES string of the molecule is OCc1ccc(N2CCC(Oc3ccccn3)C2)c(CO)c1. The molecule has 116 valence electrons. The minimum Gasteiger partial charge on any atom is -0.472 e. The summed E-state index contributed by atoms with van der Waals surface area (Å²) in [5, 5.41) is 18.7. The maximum atomic E-state index is 9.55. The molecule has 1 unspecified atom stereocenters. The number of pyridine rings is 1. The molecule has 1 aliphatic heterocycles. The van der Waals surface area contributed by atoms with Crippen LogP contribution in [0.3, 0.4) is 0 Å². The van der Waals surface area contributed by atoms with E-state index in [4.69, 9.17) is 4.74 Å². The van der Waals surface area contributed by atoms with Crippen LogP contribution in [0.25, 0.3) is 0 Å². The molecule has 0 bridgehead atoms. The molecule has 2 aromatic rings. The number of ether oxygens (including phenoxy) is 1. The number of aliphatic hydroxyl groups excluding tert-OH is 2. The van der Waals surface area contributed by atoms with E-state index in [9.17, 15) is 10.2 Å². The minimum absolute atomic E-state index is 0.0152. The summed E-state index contributed by atoms with van der Waals surface area (Å²) in [5.41, 5.74) is 2.66. The van der Waals surface area contributed by atoms with E-state index in [0.29, 0.717) is 5.88 Å². The molecule has 1 aromatic carbocycles. The molecule has 1 aromatic heterocycles. The summed E-state index contributed by atoms with van der Waals surface area (Å²) in [5.74, 6) is 0.646. The smallest absolute Gasteiger partial charge is 0.213 e. The van der Waals surface area contributed by atoms with Crippen LogP contribution in [0.2, 0.25) is 0 Å². The van der Waals surface area contributed by atoms with Crippen molar-refractivity contribution in [2.24, 2.45) is 0 Å². The highest BCUT2D eigenvalue weighted by Gasteiger charge is 2.25. The lowest BCUT2D eigenvalue weighted by Crippen LogP contribution is -2.25. The van der Waals surface area contributed by atoms with Gasteiger partial charge in [0.25, 0.3) is 0 Å². The average Bonchev–Trinajstić information content (AvgIpc) is 3.03. The van der Waals surface area contributed by atoms with Gasteiger partial charge in [0.2, 0.25) is 5.88 Å². The Balaban J connectivity index is 1.70. The lowest BCUT2D eigenvalue weighted by molar-refractivity contribution is 0.216. The number of hydrogen-bond acceptors (Lipinski definition) is 5.